The van der Waals surface area contributed by atoms with Crippen molar-refractivity contribution < 1.29 is 23.4 Å². The normalized spacial score (nSPS) is 17.1. The molecule has 7 heteroatoms. The van der Waals surface area contributed by atoms with E-state index < -0.39 is 0 Å². The van der Waals surface area contributed by atoms with Gasteiger partial charge in [-0.3, -0.25) is 9.69 Å². The van der Waals surface area contributed by atoms with Gasteiger partial charge in [-0.15, -0.1) is 0 Å². The Morgan fingerprint density at radius 3 is 2.78 bits per heavy atom. The van der Waals surface area contributed by atoms with Crippen molar-refractivity contribution >= 4 is 5.91 Å². The average Bonchev–Trinajstić information content (AvgIpc) is 2.99. The molecule has 0 radical (unpaired) electrons. The van der Waals surface area contributed by atoms with Crippen molar-refractivity contribution in [2.75, 3.05) is 59.8 Å². The van der Waals surface area contributed by atoms with Gasteiger partial charge in [-0.1, -0.05) is 0 Å². The first-order valence-electron chi connectivity index (χ1n) is 7.92. The maximum absolute atomic E-state index is 11.9. The van der Waals surface area contributed by atoms with Gasteiger partial charge in [0.2, 0.25) is 5.91 Å². The highest BCUT2D eigenvalue weighted by molar-refractivity contribution is 5.77. The Hall–Kier alpha value is -1.41. The monoisotopic (exact) mass is 326 g/mol. The van der Waals surface area contributed by atoms with Gasteiger partial charge in [0.1, 0.15) is 18.1 Å². The molecule has 130 valence electrons. The molecule has 1 N–H and O–H groups in total. The van der Waals surface area contributed by atoms with Gasteiger partial charge in [0.05, 0.1) is 32.5 Å². The Morgan fingerprint density at radius 2 is 2.13 bits per heavy atom. The molecular weight excluding hydrogens is 300 g/mol. The number of carbonyl (C=O) groups excluding carboxylic acids is 1. The van der Waals surface area contributed by atoms with Gasteiger partial charge in [-0.2, -0.15) is 0 Å². The van der Waals surface area contributed by atoms with Gasteiger partial charge in [-0.05, 0) is 19.1 Å². The smallest absolute Gasteiger partial charge is 0.246 e. The molecule has 0 aliphatic carbocycles. The highest BCUT2D eigenvalue weighted by Crippen LogP contribution is 2.23. The summed E-state index contributed by atoms with van der Waals surface area (Å²) in [7, 11) is 1.60. The lowest BCUT2D eigenvalue weighted by Crippen LogP contribution is -2.44. The van der Waals surface area contributed by atoms with Gasteiger partial charge in [0, 0.05) is 26.7 Å². The lowest BCUT2D eigenvalue weighted by atomic mass is 10.1. The van der Waals surface area contributed by atoms with Gasteiger partial charge in [0.25, 0.3) is 0 Å². The second kappa shape index (κ2) is 9.67. The van der Waals surface area contributed by atoms with Crippen LogP contribution in [0.2, 0.25) is 0 Å². The molecule has 1 aromatic heterocycles. The third-order valence-corrected chi connectivity index (χ3v) is 3.73. The van der Waals surface area contributed by atoms with E-state index in [2.05, 4.69) is 10.2 Å². The van der Waals surface area contributed by atoms with Crippen molar-refractivity contribution in [3.63, 3.8) is 0 Å². The number of carbonyl (C=O) groups is 1. The molecule has 1 fully saturated rings. The number of hydrogen-bond donors (Lipinski definition) is 1. The minimum atomic E-state index is -0.136. The molecule has 2 rings (SSSR count). The summed E-state index contributed by atoms with van der Waals surface area (Å²) in [4.78, 5) is 14.2. The van der Waals surface area contributed by atoms with E-state index in [1.165, 1.54) is 0 Å². The number of hydrogen-bond acceptors (Lipinski definition) is 6. The lowest BCUT2D eigenvalue weighted by Gasteiger charge is -2.33. The van der Waals surface area contributed by atoms with E-state index >= 15 is 0 Å². The molecule has 1 unspecified atom stereocenters. The molecule has 0 spiro atoms. The van der Waals surface area contributed by atoms with Crippen LogP contribution in [0.4, 0.5) is 0 Å². The molecule has 1 aromatic rings. The van der Waals surface area contributed by atoms with Gasteiger partial charge >= 0.3 is 0 Å². The summed E-state index contributed by atoms with van der Waals surface area (Å²) >= 11 is 0. The molecule has 1 aliphatic heterocycles. The van der Waals surface area contributed by atoms with E-state index in [-0.39, 0.29) is 18.6 Å². The van der Waals surface area contributed by atoms with Gasteiger partial charge in [0.15, 0.2) is 0 Å². The minimum absolute atomic E-state index is 0.00975. The summed E-state index contributed by atoms with van der Waals surface area (Å²) < 4.78 is 21.3. The fraction of sp³-hybridized carbons (Fsp3) is 0.688. The number of nitrogens with zero attached hydrogens (tertiary/aromatic N) is 1. The van der Waals surface area contributed by atoms with Crippen LogP contribution in [0.25, 0.3) is 0 Å². The van der Waals surface area contributed by atoms with Crippen molar-refractivity contribution in [1.82, 2.24) is 10.2 Å². The number of furan rings is 1. The Morgan fingerprint density at radius 1 is 1.35 bits per heavy atom. The first kappa shape index (κ1) is 17.9. The van der Waals surface area contributed by atoms with Crippen LogP contribution in [0.5, 0.6) is 0 Å². The van der Waals surface area contributed by atoms with Gasteiger partial charge in [-0.25, -0.2) is 0 Å². The standard InChI is InChI=1S/C16H26N2O5/c1-13-3-4-15(23-13)14(18-5-7-21-8-6-18)11-17-16(19)12-22-10-9-20-2/h3-4,14H,5-12H2,1-2H3,(H,17,19). The van der Waals surface area contributed by atoms with E-state index in [0.717, 1.165) is 24.6 Å². The highest BCUT2D eigenvalue weighted by Gasteiger charge is 2.25. The van der Waals surface area contributed by atoms with Crippen LogP contribution in [0.15, 0.2) is 16.5 Å². The van der Waals surface area contributed by atoms with Crippen molar-refractivity contribution in [3.8, 4) is 0 Å². The lowest BCUT2D eigenvalue weighted by molar-refractivity contribution is -0.126. The maximum Gasteiger partial charge on any atom is 0.246 e. The summed E-state index contributed by atoms with van der Waals surface area (Å²) in [6, 6.07) is 3.92. The third kappa shape index (κ3) is 5.95. The van der Waals surface area contributed by atoms with Crippen molar-refractivity contribution in [1.29, 1.82) is 0 Å². The number of rotatable bonds is 9. The molecule has 1 aliphatic rings. The molecule has 2 heterocycles. The molecule has 0 bridgehead atoms. The van der Waals surface area contributed by atoms with Crippen LogP contribution in [-0.4, -0.2) is 70.6 Å². The van der Waals surface area contributed by atoms with Crippen LogP contribution in [0.1, 0.15) is 17.6 Å². The van der Waals surface area contributed by atoms with E-state index in [1.807, 2.05) is 19.1 Å². The number of ether oxygens (including phenoxy) is 3. The SMILES string of the molecule is COCCOCC(=O)NCC(c1ccc(C)o1)N1CCOCC1. The van der Waals surface area contributed by atoms with Gasteiger partial charge < -0.3 is 23.9 Å². The van der Waals surface area contributed by atoms with Crippen LogP contribution >= 0.6 is 0 Å². The second-order valence-corrected chi connectivity index (χ2v) is 5.46. The Kier molecular flexibility index (Phi) is 7.54. The van der Waals surface area contributed by atoms with Crippen molar-refractivity contribution in [2.24, 2.45) is 0 Å². The van der Waals surface area contributed by atoms with Crippen LogP contribution in [0.3, 0.4) is 0 Å². The van der Waals surface area contributed by atoms with Crippen LogP contribution < -0.4 is 5.32 Å². The molecule has 1 amide bonds. The summed E-state index contributed by atoms with van der Waals surface area (Å²) in [5.74, 6) is 1.60. The second-order valence-electron chi connectivity index (χ2n) is 5.46. The van der Waals surface area contributed by atoms with Crippen molar-refractivity contribution in [2.45, 2.75) is 13.0 Å². The average molecular weight is 326 g/mol. The fourth-order valence-electron chi connectivity index (χ4n) is 2.50. The highest BCUT2D eigenvalue weighted by atomic mass is 16.5. The largest absolute Gasteiger partial charge is 0.465 e. The van der Waals surface area contributed by atoms with Crippen LogP contribution in [0, 0.1) is 6.92 Å². The molecule has 7 nitrogen and oxygen atoms in total. The Labute approximate surface area is 136 Å². The molecule has 23 heavy (non-hydrogen) atoms. The predicted octanol–water partition coefficient (Wildman–Crippen LogP) is 0.741. The molecule has 0 saturated carbocycles. The zero-order valence-corrected chi connectivity index (χ0v) is 13.9. The van der Waals surface area contributed by atoms with E-state index in [1.54, 1.807) is 7.11 Å². The molecular formula is C16H26N2O5. The molecule has 0 aromatic carbocycles. The Bertz CT molecular complexity index is 471. The van der Waals surface area contributed by atoms with Crippen molar-refractivity contribution in [3.05, 3.63) is 23.7 Å². The number of amides is 1. The van der Waals surface area contributed by atoms with E-state index in [0.29, 0.717) is 33.0 Å². The van der Waals surface area contributed by atoms with E-state index in [9.17, 15) is 4.79 Å². The first-order valence-corrected chi connectivity index (χ1v) is 7.92. The summed E-state index contributed by atoms with van der Waals surface area (Å²) in [6.45, 7) is 6.38. The minimum Gasteiger partial charge on any atom is -0.465 e. The molecule has 1 atom stereocenters. The number of nitrogens with one attached hydrogen (secondary N) is 1. The summed E-state index contributed by atoms with van der Waals surface area (Å²) in [5.41, 5.74) is 0. The fourth-order valence-corrected chi connectivity index (χ4v) is 2.50. The predicted molar refractivity (Wildman–Crippen MR) is 84.3 cm³/mol. The van der Waals surface area contributed by atoms with Crippen LogP contribution in [-0.2, 0) is 19.0 Å². The Balaban J connectivity index is 1.86. The number of aryl methyl sites for hydroxylation is 1. The zero-order valence-electron chi connectivity index (χ0n) is 13.9. The topological polar surface area (TPSA) is 73.2 Å². The first-order chi connectivity index (χ1) is 11.2. The molecule has 1 saturated heterocycles. The zero-order chi connectivity index (χ0) is 16.5. The number of methoxy groups -OCH3 is 1. The number of morpholine rings is 1. The quantitative estimate of drug-likeness (QED) is 0.675. The maximum atomic E-state index is 11.9. The third-order valence-electron chi connectivity index (χ3n) is 3.73. The summed E-state index contributed by atoms with van der Waals surface area (Å²) in [5, 5.41) is 2.92. The van der Waals surface area contributed by atoms with E-state index in [4.69, 9.17) is 18.6 Å². The summed E-state index contributed by atoms with van der Waals surface area (Å²) in [6.07, 6.45) is 0.